The van der Waals surface area contributed by atoms with Crippen LogP contribution in [0.2, 0.25) is 0 Å². The van der Waals surface area contributed by atoms with Crippen LogP contribution in [0.15, 0.2) is 0 Å². The van der Waals surface area contributed by atoms with Crippen molar-refractivity contribution in [1.29, 1.82) is 0 Å². The number of hydrogen-bond donors (Lipinski definition) is 2. The van der Waals surface area contributed by atoms with Crippen LogP contribution in [0.3, 0.4) is 0 Å². The molecule has 1 heterocycles. The van der Waals surface area contributed by atoms with Crippen molar-refractivity contribution in [1.82, 2.24) is 0 Å². The molecule has 1 aromatic heterocycles. The van der Waals surface area contributed by atoms with Gasteiger partial charge in [0.05, 0.1) is 5.56 Å². The van der Waals surface area contributed by atoms with Gasteiger partial charge in [-0.3, -0.25) is 9.59 Å². The third-order valence-corrected chi connectivity index (χ3v) is 5.55. The van der Waals surface area contributed by atoms with E-state index in [1.165, 1.54) is 4.88 Å². The zero-order valence-corrected chi connectivity index (χ0v) is 12.5. The number of hydrogen-bond acceptors (Lipinski definition) is 3. The Hall–Kier alpha value is -1.36. The van der Waals surface area contributed by atoms with Gasteiger partial charge in [-0.25, -0.2) is 0 Å². The quantitative estimate of drug-likeness (QED) is 0.895. The fourth-order valence-corrected chi connectivity index (χ4v) is 4.28. The number of primary amides is 1. The smallest absolute Gasteiger partial charge is 0.251 e. The van der Waals surface area contributed by atoms with Gasteiger partial charge in [0.2, 0.25) is 5.91 Å². The van der Waals surface area contributed by atoms with Gasteiger partial charge in [0.25, 0.3) is 5.91 Å². The SMILES string of the molecule is CC[C@H]1CCc2c(sc(NC(=O)C3CC3)c2C(N)=O)C1. The maximum atomic E-state index is 11.9. The van der Waals surface area contributed by atoms with Gasteiger partial charge in [0, 0.05) is 10.8 Å². The van der Waals surface area contributed by atoms with E-state index in [1.807, 2.05) is 0 Å². The Morgan fingerprint density at radius 2 is 2.10 bits per heavy atom. The first kappa shape index (κ1) is 13.6. The van der Waals surface area contributed by atoms with E-state index in [0.717, 1.165) is 44.1 Å². The third-order valence-electron chi connectivity index (χ3n) is 4.38. The summed E-state index contributed by atoms with van der Waals surface area (Å²) in [5.74, 6) is 0.453. The Morgan fingerprint density at radius 1 is 1.35 bits per heavy atom. The Kier molecular flexibility index (Phi) is 3.54. The number of carbonyl (C=O) groups is 2. The molecule has 0 saturated heterocycles. The maximum absolute atomic E-state index is 11.9. The van der Waals surface area contributed by atoms with Gasteiger partial charge >= 0.3 is 0 Å². The summed E-state index contributed by atoms with van der Waals surface area (Å²) < 4.78 is 0. The van der Waals surface area contributed by atoms with E-state index in [2.05, 4.69) is 12.2 Å². The first-order chi connectivity index (χ1) is 9.60. The lowest BCUT2D eigenvalue weighted by atomic mass is 9.85. The minimum absolute atomic E-state index is 0.0399. The predicted octanol–water partition coefficient (Wildman–Crippen LogP) is 2.71. The van der Waals surface area contributed by atoms with E-state index >= 15 is 0 Å². The lowest BCUT2D eigenvalue weighted by Gasteiger charge is -2.20. The third kappa shape index (κ3) is 2.46. The lowest BCUT2D eigenvalue weighted by Crippen LogP contribution is -2.20. The molecule has 0 bridgehead atoms. The summed E-state index contributed by atoms with van der Waals surface area (Å²) in [7, 11) is 0. The molecule has 2 aliphatic rings. The van der Waals surface area contributed by atoms with Crippen LogP contribution in [-0.4, -0.2) is 11.8 Å². The first-order valence-corrected chi connectivity index (χ1v) is 8.17. The van der Waals surface area contributed by atoms with Crippen molar-refractivity contribution < 1.29 is 9.59 Å². The van der Waals surface area contributed by atoms with Crippen molar-refractivity contribution in [3.05, 3.63) is 16.0 Å². The number of rotatable bonds is 4. The molecular weight excluding hydrogens is 272 g/mol. The van der Waals surface area contributed by atoms with Crippen molar-refractivity contribution >= 4 is 28.2 Å². The number of carbonyl (C=O) groups excluding carboxylic acids is 2. The van der Waals surface area contributed by atoms with E-state index < -0.39 is 5.91 Å². The molecule has 0 spiro atoms. The molecule has 20 heavy (non-hydrogen) atoms. The number of nitrogens with one attached hydrogen (secondary N) is 1. The van der Waals surface area contributed by atoms with Crippen molar-refractivity contribution in [2.75, 3.05) is 5.32 Å². The highest BCUT2D eigenvalue weighted by Crippen LogP contribution is 2.41. The first-order valence-electron chi connectivity index (χ1n) is 7.35. The summed E-state index contributed by atoms with van der Waals surface area (Å²) in [5, 5.41) is 3.60. The van der Waals surface area contributed by atoms with Crippen molar-refractivity contribution in [3.8, 4) is 0 Å². The highest BCUT2D eigenvalue weighted by molar-refractivity contribution is 7.17. The molecule has 0 unspecified atom stereocenters. The van der Waals surface area contributed by atoms with Gasteiger partial charge in [0.15, 0.2) is 0 Å². The van der Waals surface area contributed by atoms with Crippen LogP contribution in [0.25, 0.3) is 0 Å². The summed E-state index contributed by atoms with van der Waals surface area (Å²) in [6.07, 6.45) is 6.10. The lowest BCUT2D eigenvalue weighted by molar-refractivity contribution is -0.117. The molecule has 2 aliphatic carbocycles. The van der Waals surface area contributed by atoms with E-state index in [-0.39, 0.29) is 11.8 Å². The fourth-order valence-electron chi connectivity index (χ4n) is 2.91. The van der Waals surface area contributed by atoms with E-state index in [4.69, 9.17) is 5.73 Å². The molecule has 3 N–H and O–H groups in total. The van der Waals surface area contributed by atoms with Crippen LogP contribution < -0.4 is 11.1 Å². The number of fused-ring (bicyclic) bond motifs is 1. The van der Waals surface area contributed by atoms with Gasteiger partial charge < -0.3 is 11.1 Å². The predicted molar refractivity (Wildman–Crippen MR) is 80.0 cm³/mol. The number of amides is 2. The summed E-state index contributed by atoms with van der Waals surface area (Å²) in [6, 6.07) is 0. The average molecular weight is 292 g/mol. The molecule has 1 aromatic rings. The molecule has 3 rings (SSSR count). The Balaban J connectivity index is 1.91. The van der Waals surface area contributed by atoms with Crippen LogP contribution in [-0.2, 0) is 17.6 Å². The molecule has 5 heteroatoms. The normalized spacial score (nSPS) is 21.4. The van der Waals surface area contributed by atoms with E-state index in [1.54, 1.807) is 11.3 Å². The van der Waals surface area contributed by atoms with Gasteiger partial charge in [-0.2, -0.15) is 0 Å². The van der Waals surface area contributed by atoms with E-state index in [9.17, 15) is 9.59 Å². The number of thiophene rings is 1. The molecular formula is C15H20N2O2S. The highest BCUT2D eigenvalue weighted by atomic mass is 32.1. The van der Waals surface area contributed by atoms with Gasteiger partial charge in [0.1, 0.15) is 5.00 Å². The Labute approximate surface area is 122 Å². The van der Waals surface area contributed by atoms with Gasteiger partial charge in [-0.1, -0.05) is 13.3 Å². The number of nitrogens with two attached hydrogens (primary N) is 1. The van der Waals surface area contributed by atoms with Crippen LogP contribution in [0.1, 0.15) is 53.4 Å². The van der Waals surface area contributed by atoms with Gasteiger partial charge in [-0.15, -0.1) is 11.3 Å². The highest BCUT2D eigenvalue weighted by Gasteiger charge is 2.33. The Morgan fingerprint density at radius 3 is 2.70 bits per heavy atom. The van der Waals surface area contributed by atoms with Crippen molar-refractivity contribution in [2.45, 2.75) is 45.4 Å². The second-order valence-corrected chi connectivity index (χ2v) is 6.96. The van der Waals surface area contributed by atoms with Crippen molar-refractivity contribution in [3.63, 3.8) is 0 Å². The summed E-state index contributed by atoms with van der Waals surface area (Å²) in [4.78, 5) is 24.9. The molecule has 0 aromatic carbocycles. The molecule has 4 nitrogen and oxygen atoms in total. The second kappa shape index (κ2) is 5.20. The summed E-state index contributed by atoms with van der Waals surface area (Å²) in [5.41, 5.74) is 7.18. The molecule has 0 aliphatic heterocycles. The molecule has 1 saturated carbocycles. The largest absolute Gasteiger partial charge is 0.365 e. The second-order valence-electron chi connectivity index (χ2n) is 5.85. The standard InChI is InChI=1S/C15H20N2O2S/c1-2-8-3-6-10-11(7-8)20-15(12(10)13(16)18)17-14(19)9-4-5-9/h8-9H,2-7H2,1H3,(H2,16,18)(H,17,19)/t8-/m0/s1. The minimum atomic E-state index is -0.413. The van der Waals surface area contributed by atoms with Crippen molar-refractivity contribution in [2.24, 2.45) is 17.6 Å². The fraction of sp³-hybridized carbons (Fsp3) is 0.600. The average Bonchev–Trinajstić information content (AvgIpc) is 3.19. The Bertz CT molecular complexity index is 560. The van der Waals surface area contributed by atoms with Crippen LogP contribution in [0, 0.1) is 11.8 Å². The summed E-state index contributed by atoms with van der Waals surface area (Å²) in [6.45, 7) is 2.20. The van der Waals surface area contributed by atoms with Crippen LogP contribution >= 0.6 is 11.3 Å². The molecule has 1 fully saturated rings. The zero-order valence-electron chi connectivity index (χ0n) is 11.7. The zero-order chi connectivity index (χ0) is 14.3. The van der Waals surface area contributed by atoms with Crippen LogP contribution in [0.4, 0.5) is 5.00 Å². The monoisotopic (exact) mass is 292 g/mol. The van der Waals surface area contributed by atoms with Crippen LogP contribution in [0.5, 0.6) is 0 Å². The molecule has 1 atom stereocenters. The van der Waals surface area contributed by atoms with E-state index in [0.29, 0.717) is 16.5 Å². The van der Waals surface area contributed by atoms with Gasteiger partial charge in [-0.05, 0) is 43.6 Å². The number of anilines is 1. The minimum Gasteiger partial charge on any atom is -0.365 e. The topological polar surface area (TPSA) is 72.2 Å². The molecule has 108 valence electrons. The summed E-state index contributed by atoms with van der Waals surface area (Å²) >= 11 is 1.55. The molecule has 0 radical (unpaired) electrons. The molecule has 2 amide bonds. The maximum Gasteiger partial charge on any atom is 0.251 e.